The van der Waals surface area contributed by atoms with Gasteiger partial charge in [0.1, 0.15) is 6.29 Å². The molecule has 0 aromatic rings. The van der Waals surface area contributed by atoms with Crippen molar-refractivity contribution in [3.8, 4) is 0 Å². The Morgan fingerprint density at radius 3 is 2.91 bits per heavy atom. The van der Waals surface area contributed by atoms with E-state index in [1.54, 1.807) is 0 Å². The fourth-order valence-corrected chi connectivity index (χ4v) is 0.970. The summed E-state index contributed by atoms with van der Waals surface area (Å²) in [5.41, 5.74) is 0. The lowest BCUT2D eigenvalue weighted by Crippen LogP contribution is -2.47. The predicted octanol–water partition coefficient (Wildman–Crippen LogP) is 0.110. The van der Waals surface area contributed by atoms with Crippen molar-refractivity contribution in [2.24, 2.45) is 0 Å². The molecule has 0 bridgehead atoms. The summed E-state index contributed by atoms with van der Waals surface area (Å²) < 4.78 is 28.9. The van der Waals surface area contributed by atoms with Crippen molar-refractivity contribution >= 4 is 6.29 Å². The Balaban J connectivity index is 2.39. The SMILES string of the molecule is O=CCN1CCOC(F)(F)C1. The number of morpholine rings is 1. The van der Waals surface area contributed by atoms with Gasteiger partial charge >= 0.3 is 6.11 Å². The van der Waals surface area contributed by atoms with Crippen LogP contribution >= 0.6 is 0 Å². The fraction of sp³-hybridized carbons (Fsp3) is 0.833. The van der Waals surface area contributed by atoms with Crippen molar-refractivity contribution < 1.29 is 18.3 Å². The third-order valence-corrected chi connectivity index (χ3v) is 1.46. The van der Waals surface area contributed by atoms with Crippen LogP contribution in [0.4, 0.5) is 8.78 Å². The van der Waals surface area contributed by atoms with Gasteiger partial charge in [0.25, 0.3) is 0 Å². The van der Waals surface area contributed by atoms with Gasteiger partial charge in [-0.2, -0.15) is 8.78 Å². The summed E-state index contributed by atoms with van der Waals surface area (Å²) in [6, 6.07) is 0. The number of hydrogen-bond acceptors (Lipinski definition) is 3. The molecule has 0 aliphatic carbocycles. The maximum absolute atomic E-state index is 12.4. The summed E-state index contributed by atoms with van der Waals surface area (Å²) in [5, 5.41) is 0. The molecule has 1 saturated heterocycles. The number of carbonyl (C=O) groups excluding carboxylic acids is 1. The molecule has 1 rings (SSSR count). The Morgan fingerprint density at radius 1 is 1.64 bits per heavy atom. The molecule has 1 aliphatic rings. The predicted molar refractivity (Wildman–Crippen MR) is 33.4 cm³/mol. The number of hydrogen-bond donors (Lipinski definition) is 0. The number of ether oxygens (including phenoxy) is 1. The highest BCUT2D eigenvalue weighted by atomic mass is 19.3. The quantitative estimate of drug-likeness (QED) is 0.544. The lowest BCUT2D eigenvalue weighted by molar-refractivity contribution is -0.268. The fourth-order valence-electron chi connectivity index (χ4n) is 0.970. The van der Waals surface area contributed by atoms with Crippen molar-refractivity contribution in [1.82, 2.24) is 4.90 Å². The van der Waals surface area contributed by atoms with Crippen molar-refractivity contribution in [3.05, 3.63) is 0 Å². The van der Waals surface area contributed by atoms with Crippen LogP contribution in [0.5, 0.6) is 0 Å². The lowest BCUT2D eigenvalue weighted by atomic mass is 10.4. The number of rotatable bonds is 2. The van der Waals surface area contributed by atoms with Gasteiger partial charge in [0.05, 0.1) is 19.7 Å². The Labute approximate surface area is 62.9 Å². The first-order valence-corrected chi connectivity index (χ1v) is 3.32. The van der Waals surface area contributed by atoms with Gasteiger partial charge in [-0.1, -0.05) is 0 Å². The highest BCUT2D eigenvalue weighted by Crippen LogP contribution is 2.20. The van der Waals surface area contributed by atoms with Gasteiger partial charge in [0, 0.05) is 6.54 Å². The average molecular weight is 165 g/mol. The average Bonchev–Trinajstić information content (AvgIpc) is 1.85. The molecule has 64 valence electrons. The van der Waals surface area contributed by atoms with Crippen LogP contribution in [0.3, 0.4) is 0 Å². The minimum absolute atomic E-state index is 0.0131. The first-order chi connectivity index (χ1) is 5.14. The Morgan fingerprint density at radius 2 is 2.36 bits per heavy atom. The number of aldehydes is 1. The molecule has 5 heteroatoms. The molecule has 0 spiro atoms. The van der Waals surface area contributed by atoms with Gasteiger partial charge in [0.2, 0.25) is 0 Å². The van der Waals surface area contributed by atoms with Gasteiger partial charge in [-0.3, -0.25) is 4.90 Å². The molecule has 0 unspecified atom stereocenters. The smallest absolute Gasteiger partial charge is 0.318 e. The van der Waals surface area contributed by atoms with Gasteiger partial charge in [-0.05, 0) is 0 Å². The Bertz CT molecular complexity index is 152. The van der Waals surface area contributed by atoms with E-state index in [2.05, 4.69) is 4.74 Å². The monoisotopic (exact) mass is 165 g/mol. The van der Waals surface area contributed by atoms with E-state index in [1.807, 2.05) is 0 Å². The molecule has 0 N–H and O–H groups in total. The van der Waals surface area contributed by atoms with Crippen LogP contribution in [0.25, 0.3) is 0 Å². The van der Waals surface area contributed by atoms with Crippen molar-refractivity contribution in [3.63, 3.8) is 0 Å². The number of alkyl halides is 2. The number of nitrogens with zero attached hydrogens (tertiary/aromatic N) is 1. The first-order valence-electron chi connectivity index (χ1n) is 3.32. The van der Waals surface area contributed by atoms with Crippen molar-refractivity contribution in [2.75, 3.05) is 26.2 Å². The van der Waals surface area contributed by atoms with E-state index in [1.165, 1.54) is 4.90 Å². The maximum atomic E-state index is 12.4. The third-order valence-electron chi connectivity index (χ3n) is 1.46. The molecule has 0 aromatic heterocycles. The Hall–Kier alpha value is -0.550. The van der Waals surface area contributed by atoms with E-state index < -0.39 is 12.7 Å². The summed E-state index contributed by atoms with van der Waals surface area (Å²) >= 11 is 0. The van der Waals surface area contributed by atoms with Crippen LogP contribution in [-0.2, 0) is 9.53 Å². The van der Waals surface area contributed by atoms with E-state index in [0.717, 1.165) is 0 Å². The van der Waals surface area contributed by atoms with Crippen LogP contribution in [0, 0.1) is 0 Å². The topological polar surface area (TPSA) is 29.5 Å². The van der Waals surface area contributed by atoms with Crippen molar-refractivity contribution in [2.45, 2.75) is 6.11 Å². The van der Waals surface area contributed by atoms with Gasteiger partial charge < -0.3 is 9.53 Å². The number of halogens is 2. The molecule has 0 saturated carbocycles. The molecule has 11 heavy (non-hydrogen) atoms. The Kier molecular flexibility index (Phi) is 2.51. The van der Waals surface area contributed by atoms with Gasteiger partial charge in [0.15, 0.2) is 0 Å². The molecule has 1 heterocycles. The van der Waals surface area contributed by atoms with Crippen LogP contribution in [0.15, 0.2) is 0 Å². The van der Waals surface area contributed by atoms with E-state index >= 15 is 0 Å². The molecular weight excluding hydrogens is 156 g/mol. The van der Waals surface area contributed by atoms with E-state index in [9.17, 15) is 13.6 Å². The summed E-state index contributed by atoms with van der Waals surface area (Å²) in [5.74, 6) is 0. The van der Waals surface area contributed by atoms with E-state index in [0.29, 0.717) is 12.8 Å². The zero-order chi connectivity index (χ0) is 8.32. The van der Waals surface area contributed by atoms with E-state index in [4.69, 9.17) is 0 Å². The second kappa shape index (κ2) is 3.23. The normalized spacial score (nSPS) is 24.9. The molecule has 0 radical (unpaired) electrons. The summed E-state index contributed by atoms with van der Waals surface area (Å²) in [6.07, 6.45) is -2.47. The van der Waals surface area contributed by atoms with Crippen LogP contribution < -0.4 is 0 Å². The highest BCUT2D eigenvalue weighted by molar-refractivity contribution is 5.51. The second-order valence-electron chi connectivity index (χ2n) is 2.39. The molecule has 0 amide bonds. The highest BCUT2D eigenvalue weighted by Gasteiger charge is 2.36. The maximum Gasteiger partial charge on any atom is 0.368 e. The minimum Gasteiger partial charge on any atom is -0.318 e. The zero-order valence-electron chi connectivity index (χ0n) is 5.93. The largest absolute Gasteiger partial charge is 0.368 e. The van der Waals surface area contributed by atoms with Crippen LogP contribution in [-0.4, -0.2) is 43.5 Å². The minimum atomic E-state index is -3.08. The summed E-state index contributed by atoms with van der Waals surface area (Å²) in [6.45, 7) is -0.0418. The molecule has 1 fully saturated rings. The van der Waals surface area contributed by atoms with Crippen LogP contribution in [0.1, 0.15) is 0 Å². The first kappa shape index (κ1) is 8.55. The second-order valence-corrected chi connectivity index (χ2v) is 2.39. The zero-order valence-corrected chi connectivity index (χ0v) is 5.93. The molecular formula is C6H9F2NO2. The molecule has 1 aliphatic heterocycles. The van der Waals surface area contributed by atoms with Crippen molar-refractivity contribution in [1.29, 1.82) is 0 Å². The summed E-state index contributed by atoms with van der Waals surface area (Å²) in [7, 11) is 0. The standard InChI is InChI=1S/C6H9F2NO2/c7-6(8)5-9(1-3-10)2-4-11-6/h3H,1-2,4-5H2. The van der Waals surface area contributed by atoms with Crippen LogP contribution in [0.2, 0.25) is 0 Å². The molecule has 0 atom stereocenters. The molecule has 0 aromatic carbocycles. The third kappa shape index (κ3) is 2.51. The summed E-state index contributed by atoms with van der Waals surface area (Å²) in [4.78, 5) is 11.3. The van der Waals surface area contributed by atoms with Gasteiger partial charge in [-0.15, -0.1) is 0 Å². The van der Waals surface area contributed by atoms with E-state index in [-0.39, 0.29) is 13.2 Å². The lowest BCUT2D eigenvalue weighted by Gasteiger charge is -2.30. The molecule has 3 nitrogen and oxygen atoms in total. The number of carbonyl (C=O) groups is 1. The van der Waals surface area contributed by atoms with Gasteiger partial charge in [-0.25, -0.2) is 0 Å².